The Hall–Kier alpha value is -3.02. The van der Waals surface area contributed by atoms with Gasteiger partial charge in [0.25, 0.3) is 5.91 Å². The molecule has 27 heavy (non-hydrogen) atoms. The van der Waals surface area contributed by atoms with Gasteiger partial charge in [0.2, 0.25) is 0 Å². The number of aromatic nitrogens is 4. The summed E-state index contributed by atoms with van der Waals surface area (Å²) >= 11 is 0. The molecule has 0 saturated heterocycles. The number of halogens is 5. The molecule has 144 valence electrons. The summed E-state index contributed by atoms with van der Waals surface area (Å²) in [6.45, 7) is 0.136. The van der Waals surface area contributed by atoms with Gasteiger partial charge in [0.1, 0.15) is 5.69 Å². The van der Waals surface area contributed by atoms with Crippen molar-refractivity contribution in [3.8, 4) is 0 Å². The molecule has 3 aromatic rings. The number of amides is 1. The van der Waals surface area contributed by atoms with Gasteiger partial charge in [-0.3, -0.25) is 9.48 Å². The molecule has 3 rings (SSSR count). The molecule has 2 aromatic heterocycles. The van der Waals surface area contributed by atoms with E-state index >= 15 is 0 Å². The molecule has 0 saturated carbocycles. The molecule has 0 atom stereocenters. The van der Waals surface area contributed by atoms with Gasteiger partial charge >= 0.3 is 12.1 Å². The van der Waals surface area contributed by atoms with Gasteiger partial charge in [0, 0.05) is 19.3 Å². The Morgan fingerprint density at radius 1 is 1.26 bits per heavy atom. The van der Waals surface area contributed by atoms with E-state index in [0.717, 1.165) is 0 Å². The van der Waals surface area contributed by atoms with E-state index in [0.29, 0.717) is 5.69 Å². The van der Waals surface area contributed by atoms with Gasteiger partial charge in [-0.2, -0.15) is 27.1 Å². The second-order valence-corrected chi connectivity index (χ2v) is 5.69. The highest BCUT2D eigenvalue weighted by Crippen LogP contribution is 2.43. The summed E-state index contributed by atoms with van der Waals surface area (Å²) in [4.78, 5) is 17.5. The molecule has 12 heteroatoms. The van der Waals surface area contributed by atoms with Crippen LogP contribution < -0.4 is 11.1 Å². The zero-order chi connectivity index (χ0) is 20.0. The number of nitrogens with two attached hydrogens (primary N) is 1. The number of alkyl halides is 5. The SMILES string of the molecule is Cn1nc(CN)cc1C(=O)Nc1ccc2nc(C(F)(F)C(F)(F)F)[nH]c2c1. The molecular weight excluding hydrogens is 375 g/mol. The highest BCUT2D eigenvalue weighted by atomic mass is 19.4. The van der Waals surface area contributed by atoms with Crippen molar-refractivity contribution < 1.29 is 26.7 Å². The van der Waals surface area contributed by atoms with Crippen molar-refractivity contribution in [1.29, 1.82) is 0 Å². The summed E-state index contributed by atoms with van der Waals surface area (Å²) in [6, 6.07) is 5.23. The second kappa shape index (κ2) is 6.30. The quantitative estimate of drug-likeness (QED) is 0.598. The number of carbonyl (C=O) groups excluding carboxylic acids is 1. The number of hydrogen-bond donors (Lipinski definition) is 3. The average molecular weight is 388 g/mol. The fourth-order valence-corrected chi connectivity index (χ4v) is 2.40. The predicted octanol–water partition coefficient (Wildman–Crippen LogP) is 2.66. The fraction of sp³-hybridized carbons (Fsp3) is 0.267. The number of carbonyl (C=O) groups is 1. The van der Waals surface area contributed by atoms with Gasteiger partial charge < -0.3 is 16.0 Å². The number of H-pyrrole nitrogens is 1. The maximum absolute atomic E-state index is 13.4. The molecule has 7 nitrogen and oxygen atoms in total. The van der Waals surface area contributed by atoms with Crippen LogP contribution in [0.3, 0.4) is 0 Å². The molecular formula is C15H13F5N6O. The van der Waals surface area contributed by atoms with Crippen LogP contribution in [0.5, 0.6) is 0 Å². The van der Waals surface area contributed by atoms with Crippen LogP contribution in [0.4, 0.5) is 27.6 Å². The standard InChI is InChI=1S/C15H13F5N6O/c1-26-11(5-8(6-21)25-26)12(27)22-7-2-3-9-10(4-7)24-13(23-9)14(16,17)15(18,19)20/h2-5H,6,21H2,1H3,(H,22,27)(H,23,24). The highest BCUT2D eigenvalue weighted by molar-refractivity contribution is 6.03. The maximum Gasteiger partial charge on any atom is 0.461 e. The van der Waals surface area contributed by atoms with Crippen LogP contribution in [-0.4, -0.2) is 31.8 Å². The summed E-state index contributed by atoms with van der Waals surface area (Å²) in [6.07, 6.45) is -5.78. The summed E-state index contributed by atoms with van der Waals surface area (Å²) in [5.74, 6) is -7.19. The van der Waals surface area contributed by atoms with Gasteiger partial charge in [-0.15, -0.1) is 0 Å². The number of nitrogens with zero attached hydrogens (tertiary/aromatic N) is 3. The molecule has 0 fully saturated rings. The number of benzene rings is 1. The molecule has 4 N–H and O–H groups in total. The van der Waals surface area contributed by atoms with Crippen LogP contribution >= 0.6 is 0 Å². The molecule has 0 aliphatic rings. The Morgan fingerprint density at radius 2 is 1.96 bits per heavy atom. The monoisotopic (exact) mass is 388 g/mol. The van der Waals surface area contributed by atoms with Crippen molar-refractivity contribution in [1.82, 2.24) is 19.7 Å². The fourth-order valence-electron chi connectivity index (χ4n) is 2.40. The Labute approximate surface area is 148 Å². The van der Waals surface area contributed by atoms with E-state index in [4.69, 9.17) is 5.73 Å². The first-order valence-corrected chi connectivity index (χ1v) is 7.52. The van der Waals surface area contributed by atoms with E-state index < -0.39 is 23.8 Å². The van der Waals surface area contributed by atoms with Crippen molar-refractivity contribution in [2.24, 2.45) is 12.8 Å². The molecule has 0 aliphatic carbocycles. The summed E-state index contributed by atoms with van der Waals surface area (Å²) in [5.41, 5.74) is 6.14. The first-order chi connectivity index (χ1) is 12.5. The van der Waals surface area contributed by atoms with Crippen molar-refractivity contribution in [3.05, 3.63) is 41.5 Å². The van der Waals surface area contributed by atoms with Crippen molar-refractivity contribution in [3.63, 3.8) is 0 Å². The van der Waals surface area contributed by atoms with Gasteiger partial charge in [0.15, 0.2) is 5.82 Å². The summed E-state index contributed by atoms with van der Waals surface area (Å²) in [5, 5.41) is 6.53. The van der Waals surface area contributed by atoms with Crippen LogP contribution in [0.25, 0.3) is 11.0 Å². The lowest BCUT2D eigenvalue weighted by Gasteiger charge is -2.16. The van der Waals surface area contributed by atoms with E-state index in [2.05, 4.69) is 15.4 Å². The second-order valence-electron chi connectivity index (χ2n) is 5.69. The van der Waals surface area contributed by atoms with Gasteiger partial charge in [-0.25, -0.2) is 4.98 Å². The minimum absolute atomic E-state index is 0.0839. The van der Waals surface area contributed by atoms with E-state index in [9.17, 15) is 26.7 Å². The molecule has 0 radical (unpaired) electrons. The maximum atomic E-state index is 13.4. The zero-order valence-electron chi connectivity index (χ0n) is 13.7. The Balaban J connectivity index is 1.88. The molecule has 2 heterocycles. The van der Waals surface area contributed by atoms with E-state index in [1.165, 1.54) is 36.0 Å². The minimum atomic E-state index is -5.78. The average Bonchev–Trinajstić information content (AvgIpc) is 3.16. The predicted molar refractivity (Wildman–Crippen MR) is 85.1 cm³/mol. The van der Waals surface area contributed by atoms with Crippen LogP contribution in [0.2, 0.25) is 0 Å². The lowest BCUT2D eigenvalue weighted by Crippen LogP contribution is -2.34. The number of hydrogen-bond acceptors (Lipinski definition) is 4. The summed E-state index contributed by atoms with van der Waals surface area (Å²) < 4.78 is 65.5. The molecule has 1 amide bonds. The van der Waals surface area contributed by atoms with Gasteiger partial charge in [0.05, 0.1) is 16.7 Å². The Bertz CT molecular complexity index is 1010. The number of fused-ring (bicyclic) bond motifs is 1. The highest BCUT2D eigenvalue weighted by Gasteiger charge is 2.61. The van der Waals surface area contributed by atoms with E-state index in [-0.39, 0.29) is 29.0 Å². The van der Waals surface area contributed by atoms with Crippen molar-refractivity contribution in [2.45, 2.75) is 18.6 Å². The molecule has 0 spiro atoms. The van der Waals surface area contributed by atoms with Crippen molar-refractivity contribution in [2.75, 3.05) is 5.32 Å². The number of anilines is 1. The number of rotatable bonds is 4. The minimum Gasteiger partial charge on any atom is -0.337 e. The van der Waals surface area contributed by atoms with Gasteiger partial charge in [-0.05, 0) is 24.3 Å². The zero-order valence-corrected chi connectivity index (χ0v) is 13.7. The van der Waals surface area contributed by atoms with Crippen LogP contribution in [0.1, 0.15) is 22.0 Å². The number of nitrogens with one attached hydrogen (secondary N) is 2. The third-order valence-corrected chi connectivity index (χ3v) is 3.77. The van der Waals surface area contributed by atoms with Crippen LogP contribution in [0.15, 0.2) is 24.3 Å². The van der Waals surface area contributed by atoms with E-state index in [1.54, 1.807) is 0 Å². The topological polar surface area (TPSA) is 102 Å². The van der Waals surface area contributed by atoms with E-state index in [1.807, 2.05) is 4.98 Å². The van der Waals surface area contributed by atoms with Gasteiger partial charge in [-0.1, -0.05) is 0 Å². The first-order valence-electron chi connectivity index (χ1n) is 7.52. The van der Waals surface area contributed by atoms with Crippen LogP contribution in [-0.2, 0) is 19.5 Å². The normalized spacial score (nSPS) is 12.6. The Kier molecular flexibility index (Phi) is 4.38. The van der Waals surface area contributed by atoms with Crippen LogP contribution in [0, 0.1) is 0 Å². The smallest absolute Gasteiger partial charge is 0.337 e. The lowest BCUT2D eigenvalue weighted by atomic mass is 10.2. The summed E-state index contributed by atoms with van der Waals surface area (Å²) in [7, 11) is 1.54. The third-order valence-electron chi connectivity index (χ3n) is 3.77. The third kappa shape index (κ3) is 3.35. The molecule has 1 aromatic carbocycles. The molecule has 0 unspecified atom stereocenters. The Morgan fingerprint density at radius 3 is 2.56 bits per heavy atom. The van der Waals surface area contributed by atoms with Crippen molar-refractivity contribution >= 4 is 22.6 Å². The largest absolute Gasteiger partial charge is 0.461 e. The number of imidazole rings is 1. The number of aryl methyl sites for hydroxylation is 1. The lowest BCUT2D eigenvalue weighted by molar-refractivity contribution is -0.292. The first kappa shape index (κ1) is 18.8. The molecule has 0 bridgehead atoms. The molecule has 0 aliphatic heterocycles. The number of aromatic amines is 1.